The van der Waals surface area contributed by atoms with Gasteiger partial charge in [0.25, 0.3) is 5.91 Å². The monoisotopic (exact) mass is 397 g/mol. The molecule has 2 heterocycles. The molecule has 0 unspecified atom stereocenters. The van der Waals surface area contributed by atoms with Crippen molar-refractivity contribution in [1.29, 1.82) is 0 Å². The normalized spacial score (nSPS) is 13.1. The van der Waals surface area contributed by atoms with Gasteiger partial charge in [-0.3, -0.25) is 9.69 Å². The van der Waals surface area contributed by atoms with Crippen LogP contribution in [-0.4, -0.2) is 56.2 Å². The van der Waals surface area contributed by atoms with E-state index in [0.29, 0.717) is 36.2 Å². The number of rotatable bonds is 6. The predicted octanol–water partition coefficient (Wildman–Crippen LogP) is 3.67. The van der Waals surface area contributed by atoms with E-state index in [2.05, 4.69) is 4.90 Å². The van der Waals surface area contributed by atoms with Crippen molar-refractivity contribution in [3.05, 3.63) is 48.0 Å². The van der Waals surface area contributed by atoms with Gasteiger partial charge in [-0.05, 0) is 39.2 Å². The van der Waals surface area contributed by atoms with Crippen LogP contribution in [0.3, 0.4) is 0 Å². The molecule has 0 fully saturated rings. The van der Waals surface area contributed by atoms with Gasteiger partial charge in [-0.1, -0.05) is 29.5 Å². The van der Waals surface area contributed by atoms with Crippen molar-refractivity contribution in [2.75, 3.05) is 45.3 Å². The molecule has 0 aliphatic carbocycles. The van der Waals surface area contributed by atoms with Gasteiger partial charge in [0.1, 0.15) is 13.2 Å². The summed E-state index contributed by atoms with van der Waals surface area (Å²) >= 11 is 1.50. The Morgan fingerprint density at radius 1 is 1.07 bits per heavy atom. The van der Waals surface area contributed by atoms with Crippen LogP contribution in [0.5, 0.6) is 11.5 Å². The SMILES string of the molecule is CN(C)CCCN(C(=O)c1ccccc1)c1nc2cc3c(cc2s1)OCCO3. The third kappa shape index (κ3) is 3.95. The van der Waals surface area contributed by atoms with Crippen molar-refractivity contribution in [2.24, 2.45) is 0 Å². The molecule has 0 N–H and O–H groups in total. The molecule has 1 aliphatic heterocycles. The highest BCUT2D eigenvalue weighted by Crippen LogP contribution is 2.39. The minimum Gasteiger partial charge on any atom is -0.486 e. The Morgan fingerprint density at radius 3 is 2.50 bits per heavy atom. The van der Waals surface area contributed by atoms with E-state index in [1.807, 2.05) is 56.6 Å². The number of carbonyl (C=O) groups excluding carboxylic acids is 1. The van der Waals surface area contributed by atoms with E-state index in [0.717, 1.165) is 28.9 Å². The van der Waals surface area contributed by atoms with Gasteiger partial charge in [0, 0.05) is 24.2 Å². The lowest BCUT2D eigenvalue weighted by atomic mass is 10.2. The lowest BCUT2D eigenvalue weighted by Gasteiger charge is -2.21. The van der Waals surface area contributed by atoms with Crippen molar-refractivity contribution >= 4 is 32.6 Å². The Labute approximate surface area is 168 Å². The third-order valence-electron chi connectivity index (χ3n) is 4.52. The van der Waals surface area contributed by atoms with E-state index in [4.69, 9.17) is 14.5 Å². The minimum absolute atomic E-state index is 0.0318. The van der Waals surface area contributed by atoms with Gasteiger partial charge in [-0.25, -0.2) is 4.98 Å². The highest BCUT2D eigenvalue weighted by molar-refractivity contribution is 7.22. The first-order valence-corrected chi connectivity index (χ1v) is 10.2. The van der Waals surface area contributed by atoms with Crippen molar-refractivity contribution in [1.82, 2.24) is 9.88 Å². The van der Waals surface area contributed by atoms with Crippen molar-refractivity contribution < 1.29 is 14.3 Å². The van der Waals surface area contributed by atoms with Gasteiger partial charge in [0.15, 0.2) is 16.6 Å². The van der Waals surface area contributed by atoms with Crippen LogP contribution in [0.4, 0.5) is 5.13 Å². The molecule has 1 aromatic heterocycles. The van der Waals surface area contributed by atoms with Gasteiger partial charge in [0.05, 0.1) is 10.2 Å². The summed E-state index contributed by atoms with van der Waals surface area (Å²) in [5, 5.41) is 0.699. The van der Waals surface area contributed by atoms with E-state index in [1.165, 1.54) is 11.3 Å². The number of hydrogen-bond donors (Lipinski definition) is 0. The van der Waals surface area contributed by atoms with Crippen LogP contribution in [0.2, 0.25) is 0 Å². The van der Waals surface area contributed by atoms with Crippen molar-refractivity contribution in [3.8, 4) is 11.5 Å². The molecule has 28 heavy (non-hydrogen) atoms. The Bertz CT molecular complexity index is 929. The summed E-state index contributed by atoms with van der Waals surface area (Å²) in [6.45, 7) is 2.60. The molecule has 0 atom stereocenters. The second-order valence-corrected chi connectivity index (χ2v) is 7.95. The second kappa shape index (κ2) is 8.16. The Kier molecular flexibility index (Phi) is 5.45. The zero-order valence-corrected chi connectivity index (χ0v) is 16.9. The zero-order valence-electron chi connectivity index (χ0n) is 16.1. The fourth-order valence-electron chi connectivity index (χ4n) is 3.13. The van der Waals surface area contributed by atoms with Crippen LogP contribution in [0.1, 0.15) is 16.8 Å². The molecule has 7 heteroatoms. The van der Waals surface area contributed by atoms with E-state index in [1.54, 1.807) is 4.90 Å². The molecule has 0 spiro atoms. The number of aromatic nitrogens is 1. The topological polar surface area (TPSA) is 54.9 Å². The smallest absolute Gasteiger partial charge is 0.260 e. The highest BCUT2D eigenvalue weighted by atomic mass is 32.1. The minimum atomic E-state index is -0.0318. The van der Waals surface area contributed by atoms with Crippen LogP contribution < -0.4 is 14.4 Å². The number of fused-ring (bicyclic) bond motifs is 2. The van der Waals surface area contributed by atoms with Crippen molar-refractivity contribution in [3.63, 3.8) is 0 Å². The fourth-order valence-corrected chi connectivity index (χ4v) is 4.13. The van der Waals surface area contributed by atoms with E-state index in [9.17, 15) is 4.79 Å². The molecule has 0 bridgehead atoms. The maximum atomic E-state index is 13.2. The third-order valence-corrected chi connectivity index (χ3v) is 5.57. The molecule has 0 saturated heterocycles. The molecule has 0 saturated carbocycles. The molecule has 1 amide bonds. The summed E-state index contributed by atoms with van der Waals surface area (Å²) < 4.78 is 12.3. The maximum Gasteiger partial charge on any atom is 0.260 e. The van der Waals surface area contributed by atoms with Gasteiger partial charge < -0.3 is 14.4 Å². The summed E-state index contributed by atoms with van der Waals surface area (Å²) in [5.74, 6) is 1.42. The lowest BCUT2D eigenvalue weighted by Crippen LogP contribution is -2.33. The first-order chi connectivity index (χ1) is 13.6. The Balaban J connectivity index is 1.67. The zero-order chi connectivity index (χ0) is 19.5. The van der Waals surface area contributed by atoms with Crippen LogP contribution in [0.25, 0.3) is 10.2 Å². The number of benzene rings is 2. The highest BCUT2D eigenvalue weighted by Gasteiger charge is 2.22. The number of nitrogens with zero attached hydrogens (tertiary/aromatic N) is 3. The van der Waals surface area contributed by atoms with Crippen LogP contribution >= 0.6 is 11.3 Å². The predicted molar refractivity (Wildman–Crippen MR) is 112 cm³/mol. The standard InChI is InChI=1S/C21H23N3O3S/c1-23(2)9-6-10-24(20(25)15-7-4-3-5-8-15)21-22-16-13-17-18(14-19(16)28-21)27-12-11-26-17/h3-5,7-8,13-14H,6,9-12H2,1-2H3. The molecule has 0 radical (unpaired) electrons. The van der Waals surface area contributed by atoms with E-state index >= 15 is 0 Å². The maximum absolute atomic E-state index is 13.2. The number of ether oxygens (including phenoxy) is 2. The first-order valence-electron chi connectivity index (χ1n) is 9.33. The quantitative estimate of drug-likeness (QED) is 0.635. The Morgan fingerprint density at radius 2 is 1.79 bits per heavy atom. The first kappa shape index (κ1) is 18.7. The van der Waals surface area contributed by atoms with Gasteiger partial charge >= 0.3 is 0 Å². The molecular weight excluding hydrogens is 374 g/mol. The molecule has 4 rings (SSSR count). The number of anilines is 1. The van der Waals surface area contributed by atoms with Gasteiger partial charge in [-0.2, -0.15) is 0 Å². The number of thiazole rings is 1. The molecular formula is C21H23N3O3S. The molecule has 146 valence electrons. The number of carbonyl (C=O) groups is 1. The van der Waals surface area contributed by atoms with Crippen LogP contribution in [0.15, 0.2) is 42.5 Å². The van der Waals surface area contributed by atoms with Crippen LogP contribution in [0, 0.1) is 0 Å². The summed E-state index contributed by atoms with van der Waals surface area (Å²) in [6, 6.07) is 13.2. The molecule has 6 nitrogen and oxygen atoms in total. The lowest BCUT2D eigenvalue weighted by molar-refractivity contribution is 0.0986. The molecule has 2 aromatic carbocycles. The largest absolute Gasteiger partial charge is 0.486 e. The van der Waals surface area contributed by atoms with Gasteiger partial charge in [0.2, 0.25) is 0 Å². The summed E-state index contributed by atoms with van der Waals surface area (Å²) in [7, 11) is 4.07. The van der Waals surface area contributed by atoms with E-state index in [-0.39, 0.29) is 5.91 Å². The molecule has 3 aromatic rings. The molecule has 1 aliphatic rings. The Hall–Kier alpha value is -2.64. The fraction of sp³-hybridized carbons (Fsp3) is 0.333. The van der Waals surface area contributed by atoms with Crippen LogP contribution in [-0.2, 0) is 0 Å². The number of hydrogen-bond acceptors (Lipinski definition) is 6. The average Bonchev–Trinajstić information content (AvgIpc) is 3.11. The van der Waals surface area contributed by atoms with Crippen molar-refractivity contribution in [2.45, 2.75) is 6.42 Å². The summed E-state index contributed by atoms with van der Waals surface area (Å²) in [4.78, 5) is 21.8. The summed E-state index contributed by atoms with van der Waals surface area (Å²) in [5.41, 5.74) is 1.49. The van der Waals surface area contributed by atoms with E-state index < -0.39 is 0 Å². The summed E-state index contributed by atoms with van der Waals surface area (Å²) in [6.07, 6.45) is 0.865. The number of amides is 1. The van der Waals surface area contributed by atoms with Gasteiger partial charge in [-0.15, -0.1) is 0 Å². The average molecular weight is 398 g/mol. The second-order valence-electron chi connectivity index (χ2n) is 6.94.